The van der Waals surface area contributed by atoms with Crippen LogP contribution in [0, 0.1) is 5.92 Å². The maximum atomic E-state index is 11.7. The molecule has 112 valence electrons. The molecular weight excluding hydrogens is 256 g/mol. The van der Waals surface area contributed by atoms with Gasteiger partial charge in [-0.3, -0.25) is 4.79 Å². The summed E-state index contributed by atoms with van der Waals surface area (Å²) in [5.74, 6) is 1.41. The molecule has 0 aliphatic carbocycles. The molecule has 0 saturated heterocycles. The zero-order chi connectivity index (χ0) is 15.1. The zero-order valence-corrected chi connectivity index (χ0v) is 12.6. The smallest absolute Gasteiger partial charge is 0.237 e. The molecule has 1 rings (SSSR count). The van der Waals surface area contributed by atoms with Crippen LogP contribution in [0.4, 0.5) is 0 Å². The van der Waals surface area contributed by atoms with Crippen molar-refractivity contribution in [2.45, 2.75) is 26.3 Å². The molecule has 0 aliphatic heterocycles. The second kappa shape index (κ2) is 7.75. The van der Waals surface area contributed by atoms with Gasteiger partial charge in [0.05, 0.1) is 20.3 Å². The van der Waals surface area contributed by atoms with Gasteiger partial charge in [-0.1, -0.05) is 19.9 Å². The second-order valence-electron chi connectivity index (χ2n) is 5.00. The molecule has 0 aromatic heterocycles. The SMILES string of the molecule is COc1ccc(CCNC(=O)C(N)C(C)C)cc1OC. The van der Waals surface area contributed by atoms with Gasteiger partial charge in [0, 0.05) is 6.54 Å². The lowest BCUT2D eigenvalue weighted by molar-refractivity contribution is -0.123. The van der Waals surface area contributed by atoms with Gasteiger partial charge in [0.15, 0.2) is 11.5 Å². The Morgan fingerprint density at radius 3 is 2.45 bits per heavy atom. The number of nitrogens with two attached hydrogens (primary N) is 1. The molecule has 20 heavy (non-hydrogen) atoms. The predicted octanol–water partition coefficient (Wildman–Crippen LogP) is 1.35. The van der Waals surface area contributed by atoms with Crippen molar-refractivity contribution in [2.24, 2.45) is 11.7 Å². The fourth-order valence-electron chi connectivity index (χ4n) is 1.79. The molecule has 0 bridgehead atoms. The highest BCUT2D eigenvalue weighted by Crippen LogP contribution is 2.27. The molecule has 5 heteroatoms. The highest BCUT2D eigenvalue weighted by atomic mass is 16.5. The maximum absolute atomic E-state index is 11.7. The Morgan fingerprint density at radius 1 is 1.25 bits per heavy atom. The van der Waals surface area contributed by atoms with E-state index in [1.54, 1.807) is 14.2 Å². The van der Waals surface area contributed by atoms with Crippen molar-refractivity contribution < 1.29 is 14.3 Å². The Hall–Kier alpha value is -1.75. The van der Waals surface area contributed by atoms with E-state index in [-0.39, 0.29) is 11.8 Å². The number of ether oxygens (including phenoxy) is 2. The fourth-order valence-corrected chi connectivity index (χ4v) is 1.79. The van der Waals surface area contributed by atoms with Gasteiger partial charge >= 0.3 is 0 Å². The van der Waals surface area contributed by atoms with Crippen LogP contribution in [0.1, 0.15) is 19.4 Å². The van der Waals surface area contributed by atoms with E-state index in [0.29, 0.717) is 18.0 Å². The van der Waals surface area contributed by atoms with Gasteiger partial charge in [0.25, 0.3) is 0 Å². The number of benzene rings is 1. The van der Waals surface area contributed by atoms with E-state index in [0.717, 1.165) is 12.0 Å². The number of nitrogens with one attached hydrogen (secondary N) is 1. The van der Waals surface area contributed by atoms with E-state index in [9.17, 15) is 4.79 Å². The number of hydrogen-bond donors (Lipinski definition) is 2. The van der Waals surface area contributed by atoms with E-state index >= 15 is 0 Å². The number of carbonyl (C=O) groups is 1. The lowest BCUT2D eigenvalue weighted by Gasteiger charge is -2.15. The minimum atomic E-state index is -0.458. The van der Waals surface area contributed by atoms with E-state index in [2.05, 4.69) is 5.32 Å². The highest BCUT2D eigenvalue weighted by molar-refractivity contribution is 5.81. The third kappa shape index (κ3) is 4.42. The molecular formula is C15H24N2O3. The van der Waals surface area contributed by atoms with Crippen molar-refractivity contribution in [1.82, 2.24) is 5.32 Å². The molecule has 1 amide bonds. The molecule has 1 unspecified atom stereocenters. The number of hydrogen-bond acceptors (Lipinski definition) is 4. The maximum Gasteiger partial charge on any atom is 0.237 e. The Morgan fingerprint density at radius 2 is 1.90 bits per heavy atom. The van der Waals surface area contributed by atoms with Crippen LogP contribution in [0.2, 0.25) is 0 Å². The van der Waals surface area contributed by atoms with E-state index in [1.165, 1.54) is 0 Å². The van der Waals surface area contributed by atoms with Crippen LogP contribution < -0.4 is 20.5 Å². The standard InChI is InChI=1S/C15H24N2O3/c1-10(2)14(16)15(18)17-8-7-11-5-6-12(19-3)13(9-11)20-4/h5-6,9-10,14H,7-8,16H2,1-4H3,(H,17,18). The summed E-state index contributed by atoms with van der Waals surface area (Å²) in [6.45, 7) is 4.41. The van der Waals surface area contributed by atoms with Crippen LogP contribution in [0.5, 0.6) is 11.5 Å². The summed E-state index contributed by atoms with van der Waals surface area (Å²) in [6.07, 6.45) is 0.719. The number of amides is 1. The van der Waals surface area contributed by atoms with Crippen LogP contribution in [0.15, 0.2) is 18.2 Å². The minimum Gasteiger partial charge on any atom is -0.493 e. The van der Waals surface area contributed by atoms with E-state index in [1.807, 2.05) is 32.0 Å². The van der Waals surface area contributed by atoms with Crippen molar-refractivity contribution >= 4 is 5.91 Å². The van der Waals surface area contributed by atoms with Crippen LogP contribution in [-0.2, 0) is 11.2 Å². The molecule has 0 radical (unpaired) electrons. The summed E-state index contributed by atoms with van der Waals surface area (Å²) in [7, 11) is 3.20. The lowest BCUT2D eigenvalue weighted by atomic mass is 10.0. The molecule has 0 saturated carbocycles. The van der Waals surface area contributed by atoms with Gasteiger partial charge in [-0.05, 0) is 30.0 Å². The average molecular weight is 280 g/mol. The number of rotatable bonds is 7. The van der Waals surface area contributed by atoms with Crippen molar-refractivity contribution in [3.05, 3.63) is 23.8 Å². The third-order valence-corrected chi connectivity index (χ3v) is 3.18. The molecule has 5 nitrogen and oxygen atoms in total. The van der Waals surface area contributed by atoms with Gasteiger partial charge in [-0.25, -0.2) is 0 Å². The van der Waals surface area contributed by atoms with Crippen LogP contribution >= 0.6 is 0 Å². The van der Waals surface area contributed by atoms with Crippen LogP contribution in [-0.4, -0.2) is 32.7 Å². The van der Waals surface area contributed by atoms with E-state index in [4.69, 9.17) is 15.2 Å². The highest BCUT2D eigenvalue weighted by Gasteiger charge is 2.16. The molecule has 1 aromatic carbocycles. The molecule has 1 aromatic rings. The predicted molar refractivity (Wildman–Crippen MR) is 79.1 cm³/mol. The third-order valence-electron chi connectivity index (χ3n) is 3.18. The fraction of sp³-hybridized carbons (Fsp3) is 0.533. The monoisotopic (exact) mass is 280 g/mol. The Balaban J connectivity index is 2.52. The summed E-state index contributed by atoms with van der Waals surface area (Å²) < 4.78 is 10.4. The molecule has 0 heterocycles. The van der Waals surface area contributed by atoms with E-state index < -0.39 is 6.04 Å². The van der Waals surface area contributed by atoms with Gasteiger partial charge < -0.3 is 20.5 Å². The Bertz CT molecular complexity index is 447. The first-order valence-electron chi connectivity index (χ1n) is 6.73. The largest absolute Gasteiger partial charge is 0.493 e. The first-order valence-corrected chi connectivity index (χ1v) is 6.73. The van der Waals surface area contributed by atoms with Gasteiger partial charge in [0.2, 0.25) is 5.91 Å². The van der Waals surface area contributed by atoms with Crippen molar-refractivity contribution in [2.75, 3.05) is 20.8 Å². The normalized spacial score (nSPS) is 12.1. The molecule has 0 fully saturated rings. The van der Waals surface area contributed by atoms with Gasteiger partial charge in [0.1, 0.15) is 0 Å². The lowest BCUT2D eigenvalue weighted by Crippen LogP contribution is -2.44. The summed E-state index contributed by atoms with van der Waals surface area (Å²) in [4.78, 5) is 11.7. The first-order chi connectivity index (χ1) is 9.49. The first kappa shape index (κ1) is 16.3. The summed E-state index contributed by atoms with van der Waals surface area (Å²) in [6, 6.07) is 5.26. The van der Waals surface area contributed by atoms with Crippen molar-refractivity contribution in [3.8, 4) is 11.5 Å². The van der Waals surface area contributed by atoms with Crippen LogP contribution in [0.25, 0.3) is 0 Å². The van der Waals surface area contributed by atoms with Crippen LogP contribution in [0.3, 0.4) is 0 Å². The number of carbonyl (C=O) groups excluding carboxylic acids is 1. The summed E-state index contributed by atoms with van der Waals surface area (Å²) in [5.41, 5.74) is 6.84. The van der Waals surface area contributed by atoms with Gasteiger partial charge in [-0.2, -0.15) is 0 Å². The summed E-state index contributed by atoms with van der Waals surface area (Å²) in [5, 5.41) is 2.84. The Kier molecular flexibility index (Phi) is 6.31. The van der Waals surface area contributed by atoms with Gasteiger partial charge in [-0.15, -0.1) is 0 Å². The average Bonchev–Trinajstić information content (AvgIpc) is 2.45. The molecule has 3 N–H and O–H groups in total. The second-order valence-corrected chi connectivity index (χ2v) is 5.00. The number of methoxy groups -OCH3 is 2. The quantitative estimate of drug-likeness (QED) is 0.790. The minimum absolute atomic E-state index is 0.111. The molecule has 0 spiro atoms. The topological polar surface area (TPSA) is 73.6 Å². The zero-order valence-electron chi connectivity index (χ0n) is 12.6. The van der Waals surface area contributed by atoms with Crippen molar-refractivity contribution in [3.63, 3.8) is 0 Å². The molecule has 1 atom stereocenters. The van der Waals surface area contributed by atoms with Crippen molar-refractivity contribution in [1.29, 1.82) is 0 Å². The molecule has 0 aliphatic rings. The summed E-state index contributed by atoms with van der Waals surface area (Å²) >= 11 is 0. The Labute approximate surface area is 120 Å².